The smallest absolute Gasteiger partial charge is 0.391 e. The minimum absolute atomic E-state index is 0.00551. The Kier molecular flexibility index (Phi) is 3.68. The molecular weight excluding hydrogens is 330 g/mol. The molecule has 24 heavy (non-hydrogen) atoms. The van der Waals surface area contributed by atoms with Crippen molar-refractivity contribution in [2.75, 3.05) is 11.4 Å². The number of amides is 2. The van der Waals surface area contributed by atoms with E-state index in [1.54, 1.807) is 6.07 Å². The molecule has 0 aromatic heterocycles. The number of fused-ring (bicyclic) bond motifs is 1. The van der Waals surface area contributed by atoms with Crippen LogP contribution in [0.25, 0.3) is 0 Å². The van der Waals surface area contributed by atoms with E-state index < -0.39 is 36.2 Å². The number of hydrogen-bond donors (Lipinski definition) is 1. The SMILES string of the molecule is Cc1c(N2C(=O)N3CCC(O)[C@H]3C2C(F)(F)F)ccc(C#N)c1F. The molecule has 2 aliphatic heterocycles. The first-order chi connectivity index (χ1) is 11.2. The van der Waals surface area contributed by atoms with Crippen molar-refractivity contribution in [3.8, 4) is 6.07 Å². The van der Waals surface area contributed by atoms with Crippen LogP contribution < -0.4 is 4.90 Å². The average Bonchev–Trinajstić information content (AvgIpc) is 3.01. The third kappa shape index (κ3) is 2.21. The topological polar surface area (TPSA) is 67.6 Å². The highest BCUT2D eigenvalue weighted by Crippen LogP contribution is 2.43. The lowest BCUT2D eigenvalue weighted by atomic mass is 10.0. The minimum atomic E-state index is -4.79. The summed E-state index contributed by atoms with van der Waals surface area (Å²) in [6, 6.07) is -0.846. The van der Waals surface area contributed by atoms with Crippen molar-refractivity contribution in [3.05, 3.63) is 29.1 Å². The molecule has 2 amide bonds. The largest absolute Gasteiger partial charge is 0.411 e. The van der Waals surface area contributed by atoms with E-state index in [0.29, 0.717) is 4.90 Å². The number of carbonyl (C=O) groups excluding carboxylic acids is 1. The van der Waals surface area contributed by atoms with E-state index in [-0.39, 0.29) is 29.8 Å². The number of anilines is 1. The summed E-state index contributed by atoms with van der Waals surface area (Å²) in [6.07, 6.45) is -6.02. The molecule has 3 rings (SSSR count). The summed E-state index contributed by atoms with van der Waals surface area (Å²) in [5, 5.41) is 18.7. The summed E-state index contributed by atoms with van der Waals surface area (Å²) >= 11 is 0. The quantitative estimate of drug-likeness (QED) is 0.796. The molecular formula is C15H13F4N3O2. The van der Waals surface area contributed by atoms with Crippen molar-refractivity contribution in [2.45, 2.75) is 37.7 Å². The van der Waals surface area contributed by atoms with Crippen LogP contribution in [0.3, 0.4) is 0 Å². The second-order valence-electron chi connectivity index (χ2n) is 5.86. The van der Waals surface area contributed by atoms with Crippen molar-refractivity contribution >= 4 is 11.7 Å². The number of nitriles is 1. The number of benzene rings is 1. The van der Waals surface area contributed by atoms with E-state index >= 15 is 0 Å². The molecule has 2 heterocycles. The fraction of sp³-hybridized carbons (Fsp3) is 0.467. The second kappa shape index (κ2) is 5.34. The third-order valence-electron chi connectivity index (χ3n) is 4.55. The van der Waals surface area contributed by atoms with Crippen LogP contribution in [-0.2, 0) is 0 Å². The van der Waals surface area contributed by atoms with Gasteiger partial charge in [-0.25, -0.2) is 9.18 Å². The molecule has 1 N–H and O–H groups in total. The van der Waals surface area contributed by atoms with Crippen LogP contribution in [0.5, 0.6) is 0 Å². The van der Waals surface area contributed by atoms with Crippen molar-refractivity contribution in [1.29, 1.82) is 5.26 Å². The summed E-state index contributed by atoms with van der Waals surface area (Å²) < 4.78 is 54.9. The Morgan fingerprint density at radius 3 is 2.62 bits per heavy atom. The average molecular weight is 343 g/mol. The lowest BCUT2D eigenvalue weighted by molar-refractivity contribution is -0.156. The summed E-state index contributed by atoms with van der Waals surface area (Å²) in [5.74, 6) is -0.962. The predicted octanol–water partition coefficient (Wildman–Crippen LogP) is 2.31. The molecule has 0 radical (unpaired) electrons. The fourth-order valence-electron chi connectivity index (χ4n) is 3.43. The molecule has 2 aliphatic rings. The highest BCUT2D eigenvalue weighted by Gasteiger charge is 2.62. The Morgan fingerprint density at radius 2 is 2.04 bits per heavy atom. The number of urea groups is 1. The van der Waals surface area contributed by atoms with Crippen molar-refractivity contribution in [3.63, 3.8) is 0 Å². The molecule has 2 saturated heterocycles. The van der Waals surface area contributed by atoms with Crippen LogP contribution in [0.2, 0.25) is 0 Å². The van der Waals surface area contributed by atoms with Crippen LogP contribution in [0.15, 0.2) is 12.1 Å². The standard InChI is InChI=1S/C15H13F4N3O2/c1-7-9(3-2-8(6-20)11(7)16)22-13(15(17,18)19)12-10(23)4-5-21(12)14(22)24/h2-3,10,12-13,23H,4-5H2,1H3/t10?,12-,13?/m0/s1. The molecule has 1 aromatic rings. The number of aliphatic hydroxyl groups excluding tert-OH is 1. The van der Waals surface area contributed by atoms with E-state index in [4.69, 9.17) is 5.26 Å². The molecule has 5 nitrogen and oxygen atoms in total. The molecule has 0 aliphatic carbocycles. The Bertz CT molecular complexity index is 743. The van der Waals surface area contributed by atoms with Crippen LogP contribution in [0.4, 0.5) is 28.0 Å². The number of nitrogens with zero attached hydrogens (tertiary/aromatic N) is 3. The Labute approximate surface area is 134 Å². The molecule has 0 bridgehead atoms. The number of rotatable bonds is 1. The van der Waals surface area contributed by atoms with E-state index in [0.717, 1.165) is 17.0 Å². The van der Waals surface area contributed by atoms with Gasteiger partial charge in [0.15, 0.2) is 6.04 Å². The molecule has 9 heteroatoms. The predicted molar refractivity (Wildman–Crippen MR) is 74.7 cm³/mol. The number of carbonyl (C=O) groups is 1. The van der Waals surface area contributed by atoms with Gasteiger partial charge in [-0.05, 0) is 25.5 Å². The maximum Gasteiger partial charge on any atom is 0.411 e. The number of hydrogen-bond acceptors (Lipinski definition) is 3. The zero-order valence-corrected chi connectivity index (χ0v) is 12.5. The summed E-state index contributed by atoms with van der Waals surface area (Å²) in [7, 11) is 0. The fourth-order valence-corrected chi connectivity index (χ4v) is 3.43. The first kappa shape index (κ1) is 16.5. The lowest BCUT2D eigenvalue weighted by Crippen LogP contribution is -2.51. The number of halogens is 4. The number of aliphatic hydroxyl groups is 1. The van der Waals surface area contributed by atoms with E-state index in [1.165, 1.54) is 6.92 Å². The van der Waals surface area contributed by atoms with Gasteiger partial charge in [-0.2, -0.15) is 18.4 Å². The van der Waals surface area contributed by atoms with Crippen LogP contribution in [0, 0.1) is 24.1 Å². The van der Waals surface area contributed by atoms with E-state index in [2.05, 4.69) is 0 Å². The zero-order valence-electron chi connectivity index (χ0n) is 12.5. The van der Waals surface area contributed by atoms with Gasteiger partial charge in [0.25, 0.3) is 0 Å². The van der Waals surface area contributed by atoms with Gasteiger partial charge >= 0.3 is 12.2 Å². The summed E-state index contributed by atoms with van der Waals surface area (Å²) in [5.41, 5.74) is -0.778. The highest BCUT2D eigenvalue weighted by molar-refractivity contribution is 5.97. The third-order valence-corrected chi connectivity index (χ3v) is 4.55. The first-order valence-corrected chi connectivity index (χ1v) is 7.22. The van der Waals surface area contributed by atoms with Crippen LogP contribution in [-0.4, -0.2) is 46.9 Å². The maximum absolute atomic E-state index is 14.1. The van der Waals surface area contributed by atoms with Gasteiger partial charge in [-0.15, -0.1) is 0 Å². The minimum Gasteiger partial charge on any atom is -0.391 e. The zero-order chi connectivity index (χ0) is 17.8. The van der Waals surface area contributed by atoms with E-state index in [1.807, 2.05) is 0 Å². The van der Waals surface area contributed by atoms with Crippen LogP contribution in [0.1, 0.15) is 17.5 Å². The monoisotopic (exact) mass is 343 g/mol. The van der Waals surface area contributed by atoms with Gasteiger partial charge < -0.3 is 10.0 Å². The Morgan fingerprint density at radius 1 is 1.38 bits per heavy atom. The molecule has 2 unspecified atom stereocenters. The molecule has 0 saturated carbocycles. The molecule has 0 spiro atoms. The molecule has 128 valence electrons. The highest BCUT2D eigenvalue weighted by atomic mass is 19.4. The second-order valence-corrected chi connectivity index (χ2v) is 5.86. The van der Waals surface area contributed by atoms with Gasteiger partial charge in [-0.1, -0.05) is 0 Å². The molecule has 3 atom stereocenters. The molecule has 2 fully saturated rings. The van der Waals surface area contributed by atoms with Crippen LogP contribution >= 0.6 is 0 Å². The van der Waals surface area contributed by atoms with Gasteiger partial charge in [0.1, 0.15) is 11.9 Å². The Balaban J connectivity index is 2.14. The first-order valence-electron chi connectivity index (χ1n) is 7.22. The van der Waals surface area contributed by atoms with Gasteiger partial charge in [0, 0.05) is 12.1 Å². The van der Waals surface area contributed by atoms with Gasteiger partial charge in [-0.3, -0.25) is 4.90 Å². The van der Waals surface area contributed by atoms with Crippen molar-refractivity contribution in [2.24, 2.45) is 0 Å². The van der Waals surface area contributed by atoms with Gasteiger partial charge in [0.05, 0.1) is 23.4 Å². The summed E-state index contributed by atoms with van der Waals surface area (Å²) in [6.45, 7) is 1.22. The van der Waals surface area contributed by atoms with Gasteiger partial charge in [0.2, 0.25) is 0 Å². The summed E-state index contributed by atoms with van der Waals surface area (Å²) in [4.78, 5) is 13.9. The molecule has 1 aromatic carbocycles. The van der Waals surface area contributed by atoms with E-state index in [9.17, 15) is 27.5 Å². The maximum atomic E-state index is 14.1. The lowest BCUT2D eigenvalue weighted by Gasteiger charge is -2.30. The van der Waals surface area contributed by atoms with Crippen molar-refractivity contribution in [1.82, 2.24) is 4.90 Å². The Hall–Kier alpha value is -2.34. The van der Waals surface area contributed by atoms with Crippen molar-refractivity contribution < 1.29 is 27.5 Å². The normalized spacial score (nSPS) is 26.7. The number of alkyl halides is 3.